The molecule has 1 aliphatic heterocycles. The molecule has 0 saturated carbocycles. The average molecular weight is 344 g/mol. The predicted molar refractivity (Wildman–Crippen MR) is 103 cm³/mol. The zero-order valence-electron chi connectivity index (χ0n) is 16.5. The highest BCUT2D eigenvalue weighted by molar-refractivity contribution is 6.00. The Balaban J connectivity index is 2.13. The monoisotopic (exact) mass is 344 g/mol. The summed E-state index contributed by atoms with van der Waals surface area (Å²) in [4.78, 5) is 29.2. The first-order valence-electron chi connectivity index (χ1n) is 9.35. The minimum absolute atomic E-state index is 0.0515. The summed E-state index contributed by atoms with van der Waals surface area (Å²) in [6, 6.07) is 6.06. The third kappa shape index (κ3) is 4.83. The van der Waals surface area contributed by atoms with Gasteiger partial charge in [0.15, 0.2) is 0 Å². The summed E-state index contributed by atoms with van der Waals surface area (Å²) < 4.78 is 0. The molecule has 1 aliphatic rings. The lowest BCUT2D eigenvalue weighted by Gasteiger charge is -2.29. The molecule has 0 radical (unpaired) electrons. The molecule has 0 bridgehead atoms. The number of hydrogen-bond acceptors (Lipinski definition) is 2. The highest BCUT2D eigenvalue weighted by atomic mass is 16.2. The van der Waals surface area contributed by atoms with E-state index in [2.05, 4.69) is 41.5 Å². The molecule has 0 aromatic heterocycles. The van der Waals surface area contributed by atoms with Crippen LogP contribution in [0.3, 0.4) is 0 Å². The minimum atomic E-state index is -0.230. The number of nitrogens with zero attached hydrogens (tertiary/aromatic N) is 2. The zero-order chi connectivity index (χ0) is 18.7. The number of benzene rings is 1. The lowest BCUT2D eigenvalue weighted by Crippen LogP contribution is -2.41. The van der Waals surface area contributed by atoms with Gasteiger partial charge in [0.05, 0.1) is 5.92 Å². The van der Waals surface area contributed by atoms with Gasteiger partial charge in [-0.05, 0) is 48.9 Å². The second-order valence-electron chi connectivity index (χ2n) is 8.20. The Kier molecular flexibility index (Phi) is 6.26. The SMILES string of the molecule is Cc1ccc(N2C[C@H](C(=O)N(CC(C)C)CC(C)C)CC2=O)cc1C. The van der Waals surface area contributed by atoms with E-state index >= 15 is 0 Å². The fourth-order valence-corrected chi connectivity index (χ4v) is 3.41. The van der Waals surface area contributed by atoms with Crippen molar-refractivity contribution < 1.29 is 9.59 Å². The van der Waals surface area contributed by atoms with Crippen LogP contribution < -0.4 is 4.90 Å². The Morgan fingerprint density at radius 1 is 1.12 bits per heavy atom. The van der Waals surface area contributed by atoms with Crippen molar-refractivity contribution >= 4 is 17.5 Å². The maximum atomic E-state index is 13.0. The molecule has 1 aromatic carbocycles. The van der Waals surface area contributed by atoms with E-state index in [9.17, 15) is 9.59 Å². The molecule has 1 aromatic rings. The molecule has 1 fully saturated rings. The topological polar surface area (TPSA) is 40.6 Å². The minimum Gasteiger partial charge on any atom is -0.342 e. The van der Waals surface area contributed by atoms with Crippen molar-refractivity contribution in [2.75, 3.05) is 24.5 Å². The van der Waals surface area contributed by atoms with Crippen LogP contribution in [-0.4, -0.2) is 36.3 Å². The molecule has 1 heterocycles. The molecule has 0 unspecified atom stereocenters. The lowest BCUT2D eigenvalue weighted by atomic mass is 10.0. The van der Waals surface area contributed by atoms with Gasteiger partial charge in [0.25, 0.3) is 0 Å². The van der Waals surface area contributed by atoms with Crippen LogP contribution in [0.5, 0.6) is 0 Å². The van der Waals surface area contributed by atoms with Crippen LogP contribution in [0.15, 0.2) is 18.2 Å². The molecule has 4 heteroatoms. The molecule has 0 aliphatic carbocycles. The van der Waals surface area contributed by atoms with E-state index < -0.39 is 0 Å². The molecule has 4 nitrogen and oxygen atoms in total. The van der Waals surface area contributed by atoms with Crippen LogP contribution in [0.1, 0.15) is 45.2 Å². The molecule has 0 spiro atoms. The highest BCUT2D eigenvalue weighted by Crippen LogP contribution is 2.28. The Morgan fingerprint density at radius 3 is 2.24 bits per heavy atom. The van der Waals surface area contributed by atoms with Gasteiger partial charge >= 0.3 is 0 Å². The molecule has 2 rings (SSSR count). The van der Waals surface area contributed by atoms with Crippen molar-refractivity contribution in [2.24, 2.45) is 17.8 Å². The first-order chi connectivity index (χ1) is 11.7. The van der Waals surface area contributed by atoms with Crippen molar-refractivity contribution in [1.82, 2.24) is 4.90 Å². The van der Waals surface area contributed by atoms with E-state index in [0.29, 0.717) is 24.8 Å². The second-order valence-corrected chi connectivity index (χ2v) is 8.20. The number of carbonyl (C=O) groups excluding carboxylic acids is 2. The first kappa shape index (κ1) is 19.5. The van der Waals surface area contributed by atoms with Crippen LogP contribution in [0.4, 0.5) is 5.69 Å². The van der Waals surface area contributed by atoms with Crippen LogP contribution in [0.2, 0.25) is 0 Å². The molecular weight excluding hydrogens is 312 g/mol. The largest absolute Gasteiger partial charge is 0.342 e. The quantitative estimate of drug-likeness (QED) is 0.787. The summed E-state index contributed by atoms with van der Waals surface area (Å²) in [5.74, 6) is 0.802. The maximum absolute atomic E-state index is 13.0. The van der Waals surface area contributed by atoms with Crippen molar-refractivity contribution in [3.63, 3.8) is 0 Å². The van der Waals surface area contributed by atoms with Gasteiger partial charge in [-0.25, -0.2) is 0 Å². The predicted octanol–water partition coefficient (Wildman–Crippen LogP) is 3.80. The Morgan fingerprint density at radius 2 is 1.72 bits per heavy atom. The van der Waals surface area contributed by atoms with Gasteiger partial charge in [-0.2, -0.15) is 0 Å². The molecule has 1 atom stereocenters. The Labute approximate surface area is 152 Å². The Bertz CT molecular complexity index is 627. The summed E-state index contributed by atoms with van der Waals surface area (Å²) in [7, 11) is 0. The smallest absolute Gasteiger partial charge is 0.228 e. The standard InChI is InChI=1S/C21H32N2O2/c1-14(2)11-22(12-15(3)4)21(25)18-10-20(24)23(13-18)19-8-7-16(5)17(6)9-19/h7-9,14-15,18H,10-13H2,1-6H3/t18-/m1/s1. The number of carbonyl (C=O) groups is 2. The third-order valence-corrected chi connectivity index (χ3v) is 4.76. The molecule has 1 saturated heterocycles. The van der Waals surface area contributed by atoms with Gasteiger partial charge in [0.2, 0.25) is 11.8 Å². The summed E-state index contributed by atoms with van der Waals surface area (Å²) in [5, 5.41) is 0. The van der Waals surface area contributed by atoms with E-state index in [4.69, 9.17) is 0 Å². The van der Waals surface area contributed by atoms with Gasteiger partial charge in [0.1, 0.15) is 0 Å². The van der Waals surface area contributed by atoms with E-state index in [0.717, 1.165) is 18.8 Å². The van der Waals surface area contributed by atoms with Crippen molar-refractivity contribution in [1.29, 1.82) is 0 Å². The van der Waals surface area contributed by atoms with E-state index in [-0.39, 0.29) is 17.7 Å². The second kappa shape index (κ2) is 8.03. The normalized spacial score (nSPS) is 17.7. The van der Waals surface area contributed by atoms with Crippen LogP contribution in [-0.2, 0) is 9.59 Å². The van der Waals surface area contributed by atoms with Crippen molar-refractivity contribution in [3.05, 3.63) is 29.3 Å². The van der Waals surface area contributed by atoms with Crippen molar-refractivity contribution in [2.45, 2.75) is 48.0 Å². The van der Waals surface area contributed by atoms with E-state index in [1.165, 1.54) is 11.1 Å². The number of aryl methyl sites for hydroxylation is 2. The van der Waals surface area contributed by atoms with Gasteiger partial charge in [-0.3, -0.25) is 9.59 Å². The van der Waals surface area contributed by atoms with Crippen LogP contribution >= 0.6 is 0 Å². The van der Waals surface area contributed by atoms with E-state index in [1.54, 1.807) is 4.90 Å². The molecular formula is C21H32N2O2. The van der Waals surface area contributed by atoms with Gasteiger partial charge in [0, 0.05) is 31.7 Å². The summed E-state index contributed by atoms with van der Waals surface area (Å²) in [6.45, 7) is 14.6. The summed E-state index contributed by atoms with van der Waals surface area (Å²) >= 11 is 0. The molecule has 25 heavy (non-hydrogen) atoms. The summed E-state index contributed by atoms with van der Waals surface area (Å²) in [6.07, 6.45) is 0.318. The van der Waals surface area contributed by atoms with Crippen LogP contribution in [0.25, 0.3) is 0 Å². The molecule has 0 N–H and O–H groups in total. The number of hydrogen-bond donors (Lipinski definition) is 0. The molecule has 138 valence electrons. The first-order valence-corrected chi connectivity index (χ1v) is 9.35. The fourth-order valence-electron chi connectivity index (χ4n) is 3.41. The highest BCUT2D eigenvalue weighted by Gasteiger charge is 2.37. The fraction of sp³-hybridized carbons (Fsp3) is 0.619. The number of amides is 2. The zero-order valence-corrected chi connectivity index (χ0v) is 16.5. The van der Waals surface area contributed by atoms with Gasteiger partial charge in [-0.1, -0.05) is 33.8 Å². The van der Waals surface area contributed by atoms with Crippen molar-refractivity contribution in [3.8, 4) is 0 Å². The number of anilines is 1. The summed E-state index contributed by atoms with van der Waals surface area (Å²) in [5.41, 5.74) is 3.28. The molecule has 2 amide bonds. The number of rotatable bonds is 6. The van der Waals surface area contributed by atoms with Crippen LogP contribution in [0, 0.1) is 31.6 Å². The van der Waals surface area contributed by atoms with Gasteiger partial charge in [-0.15, -0.1) is 0 Å². The average Bonchev–Trinajstić information content (AvgIpc) is 2.89. The third-order valence-electron chi connectivity index (χ3n) is 4.76. The van der Waals surface area contributed by atoms with E-state index in [1.807, 2.05) is 23.1 Å². The maximum Gasteiger partial charge on any atom is 0.228 e. The van der Waals surface area contributed by atoms with Gasteiger partial charge < -0.3 is 9.80 Å². The lowest BCUT2D eigenvalue weighted by molar-refractivity contribution is -0.136. The Hall–Kier alpha value is -1.84.